The molecule has 8 heteroatoms. The maximum atomic E-state index is 10.1. The van der Waals surface area contributed by atoms with E-state index in [0.717, 1.165) is 11.3 Å². The zero-order valence-electron chi connectivity index (χ0n) is 11.5. The predicted octanol–water partition coefficient (Wildman–Crippen LogP) is -0.835. The van der Waals surface area contributed by atoms with E-state index < -0.39 is 24.4 Å². The third-order valence-corrected chi connectivity index (χ3v) is 4.39. The molecule has 114 valence electrons. The summed E-state index contributed by atoms with van der Waals surface area (Å²) in [7, 11) is 1.50. The SMILES string of the molecule is CO[C@@H]1[C@H](O)[C@@H](CO)O[C@H]1C1C=NC(=S)C2=C1N=C(N)C2. The van der Waals surface area contributed by atoms with Crippen LogP contribution in [0.2, 0.25) is 0 Å². The summed E-state index contributed by atoms with van der Waals surface area (Å²) in [4.78, 5) is 9.05. The van der Waals surface area contributed by atoms with Gasteiger partial charge in [0.05, 0.1) is 18.2 Å². The molecule has 3 heterocycles. The highest BCUT2D eigenvalue weighted by Crippen LogP contribution is 2.37. The lowest BCUT2D eigenvalue weighted by atomic mass is 9.90. The van der Waals surface area contributed by atoms with E-state index in [1.54, 1.807) is 6.21 Å². The van der Waals surface area contributed by atoms with Crippen LogP contribution in [-0.2, 0) is 9.47 Å². The van der Waals surface area contributed by atoms with Crippen molar-refractivity contribution >= 4 is 29.3 Å². The van der Waals surface area contributed by atoms with Crippen LogP contribution < -0.4 is 5.73 Å². The molecule has 0 aliphatic carbocycles. The monoisotopic (exact) mass is 311 g/mol. The Morgan fingerprint density at radius 1 is 1.57 bits per heavy atom. The Bertz CT molecular complexity index is 560. The molecule has 0 amide bonds. The van der Waals surface area contributed by atoms with Crippen molar-refractivity contribution in [1.82, 2.24) is 0 Å². The number of amidine groups is 1. The van der Waals surface area contributed by atoms with Gasteiger partial charge in [-0.3, -0.25) is 0 Å². The van der Waals surface area contributed by atoms with E-state index in [0.29, 0.717) is 17.2 Å². The van der Waals surface area contributed by atoms with Crippen LogP contribution in [-0.4, -0.2) is 65.4 Å². The van der Waals surface area contributed by atoms with Gasteiger partial charge in [0.15, 0.2) is 0 Å². The average Bonchev–Trinajstić information content (AvgIpc) is 3.00. The van der Waals surface area contributed by atoms with Crippen LogP contribution in [0, 0.1) is 5.92 Å². The number of methoxy groups -OCH3 is 1. The molecule has 1 unspecified atom stereocenters. The molecule has 0 aromatic heterocycles. The topological polar surface area (TPSA) is 110 Å². The largest absolute Gasteiger partial charge is 0.394 e. The molecule has 3 aliphatic rings. The van der Waals surface area contributed by atoms with E-state index >= 15 is 0 Å². The van der Waals surface area contributed by atoms with Crippen LogP contribution in [0.5, 0.6) is 0 Å². The van der Waals surface area contributed by atoms with Gasteiger partial charge in [0.25, 0.3) is 0 Å². The Kier molecular flexibility index (Phi) is 3.89. The summed E-state index contributed by atoms with van der Waals surface area (Å²) in [6.45, 7) is -0.281. The van der Waals surface area contributed by atoms with Crippen molar-refractivity contribution in [1.29, 1.82) is 0 Å². The molecule has 0 aromatic rings. The first-order valence-corrected chi connectivity index (χ1v) is 7.09. The maximum absolute atomic E-state index is 10.1. The van der Waals surface area contributed by atoms with Gasteiger partial charge >= 0.3 is 0 Å². The number of ether oxygens (including phenoxy) is 2. The first-order chi connectivity index (χ1) is 10.1. The lowest BCUT2D eigenvalue weighted by Gasteiger charge is -2.27. The quantitative estimate of drug-likeness (QED) is 0.587. The minimum absolute atomic E-state index is 0.281. The standard InChI is InChI=1S/C13H17N3O4S/c1-19-12-10(18)7(4-17)20-11(12)6-3-15-13(21)5-2-8(14)16-9(5)6/h3,6-7,10-12,17-18H,2,4H2,1H3,(H2,14,16)/t6?,7-,10-,11+,12-/m1/s1. The number of thiocarbonyl (C=S) groups is 1. The summed E-state index contributed by atoms with van der Waals surface area (Å²) in [5.41, 5.74) is 7.35. The fourth-order valence-electron chi connectivity index (χ4n) is 3.01. The second-order valence-electron chi connectivity index (χ2n) is 5.27. The second kappa shape index (κ2) is 5.54. The average molecular weight is 311 g/mol. The molecule has 0 aromatic carbocycles. The molecule has 21 heavy (non-hydrogen) atoms. The number of rotatable bonds is 3. The highest BCUT2D eigenvalue weighted by molar-refractivity contribution is 7.80. The molecule has 3 rings (SSSR count). The van der Waals surface area contributed by atoms with E-state index in [9.17, 15) is 10.2 Å². The lowest BCUT2D eigenvalue weighted by Crippen LogP contribution is -2.40. The van der Waals surface area contributed by atoms with Crippen molar-refractivity contribution in [3.05, 3.63) is 11.3 Å². The van der Waals surface area contributed by atoms with Crippen LogP contribution in [0.1, 0.15) is 6.42 Å². The van der Waals surface area contributed by atoms with Gasteiger partial charge in [0.1, 0.15) is 35.2 Å². The van der Waals surface area contributed by atoms with Gasteiger partial charge in [0.2, 0.25) is 0 Å². The summed E-state index contributed by atoms with van der Waals surface area (Å²) < 4.78 is 11.1. The summed E-state index contributed by atoms with van der Waals surface area (Å²) in [6, 6.07) is 0. The van der Waals surface area contributed by atoms with Crippen molar-refractivity contribution in [2.24, 2.45) is 21.6 Å². The van der Waals surface area contributed by atoms with Gasteiger partial charge < -0.3 is 25.4 Å². The van der Waals surface area contributed by atoms with Crippen LogP contribution >= 0.6 is 12.2 Å². The second-order valence-corrected chi connectivity index (χ2v) is 5.65. The number of aliphatic hydroxyl groups excluding tert-OH is 2. The molecule has 7 nitrogen and oxygen atoms in total. The molecule has 5 atom stereocenters. The van der Waals surface area contributed by atoms with Crippen molar-refractivity contribution < 1.29 is 19.7 Å². The maximum Gasteiger partial charge on any atom is 0.131 e. The molecule has 1 fully saturated rings. The fraction of sp³-hybridized carbons (Fsp3) is 0.615. The smallest absolute Gasteiger partial charge is 0.131 e. The summed E-state index contributed by atoms with van der Waals surface area (Å²) in [5.74, 6) is 0.188. The van der Waals surface area contributed by atoms with Crippen molar-refractivity contribution in [3.63, 3.8) is 0 Å². The third-order valence-electron chi connectivity index (χ3n) is 4.04. The number of aliphatic imine (C=N–C) groups is 2. The van der Waals surface area contributed by atoms with E-state index in [-0.39, 0.29) is 12.5 Å². The molecular weight excluding hydrogens is 294 g/mol. The first-order valence-electron chi connectivity index (χ1n) is 6.68. The van der Waals surface area contributed by atoms with E-state index in [1.165, 1.54) is 7.11 Å². The van der Waals surface area contributed by atoms with Crippen molar-refractivity contribution in [3.8, 4) is 0 Å². The molecule has 0 saturated carbocycles. The van der Waals surface area contributed by atoms with E-state index in [1.807, 2.05) is 0 Å². The van der Waals surface area contributed by atoms with Crippen LogP contribution in [0.4, 0.5) is 0 Å². The molecule has 0 bridgehead atoms. The van der Waals surface area contributed by atoms with E-state index in [2.05, 4.69) is 9.98 Å². The van der Waals surface area contributed by atoms with Crippen LogP contribution in [0.25, 0.3) is 0 Å². The fourth-order valence-corrected chi connectivity index (χ4v) is 3.25. The summed E-state index contributed by atoms with van der Waals surface area (Å²) >= 11 is 5.20. The summed E-state index contributed by atoms with van der Waals surface area (Å²) in [6.07, 6.45) is -0.511. The Hall–Kier alpha value is -1.19. The molecule has 1 saturated heterocycles. The van der Waals surface area contributed by atoms with E-state index in [4.69, 9.17) is 27.4 Å². The Morgan fingerprint density at radius 2 is 2.33 bits per heavy atom. The minimum atomic E-state index is -0.904. The zero-order chi connectivity index (χ0) is 15.1. The first kappa shape index (κ1) is 14.7. The van der Waals surface area contributed by atoms with Gasteiger partial charge in [-0.2, -0.15) is 0 Å². The lowest BCUT2D eigenvalue weighted by molar-refractivity contribution is -0.0303. The number of dihydropyridines is 1. The zero-order valence-corrected chi connectivity index (χ0v) is 12.3. The normalized spacial score (nSPS) is 38.9. The van der Waals surface area contributed by atoms with Gasteiger partial charge in [0, 0.05) is 25.3 Å². The van der Waals surface area contributed by atoms with Crippen molar-refractivity contribution in [2.45, 2.75) is 30.8 Å². The number of hydrogen-bond acceptors (Lipinski definition) is 7. The van der Waals surface area contributed by atoms with Gasteiger partial charge in [-0.15, -0.1) is 0 Å². The molecule has 3 aliphatic heterocycles. The Labute approximate surface area is 127 Å². The van der Waals surface area contributed by atoms with Crippen LogP contribution in [0.15, 0.2) is 21.3 Å². The number of nitrogens with zero attached hydrogens (tertiary/aromatic N) is 2. The Balaban J connectivity index is 1.92. The molecular formula is C13H17N3O4S. The minimum Gasteiger partial charge on any atom is -0.394 e. The third kappa shape index (κ3) is 2.33. The van der Waals surface area contributed by atoms with Gasteiger partial charge in [-0.1, -0.05) is 12.2 Å². The number of nitrogens with two attached hydrogens (primary N) is 1. The van der Waals surface area contributed by atoms with Gasteiger partial charge in [-0.25, -0.2) is 9.98 Å². The highest BCUT2D eigenvalue weighted by atomic mass is 32.1. The predicted molar refractivity (Wildman–Crippen MR) is 80.4 cm³/mol. The van der Waals surface area contributed by atoms with Gasteiger partial charge in [-0.05, 0) is 0 Å². The Morgan fingerprint density at radius 3 is 3.00 bits per heavy atom. The van der Waals surface area contributed by atoms with Crippen molar-refractivity contribution in [2.75, 3.05) is 13.7 Å². The molecule has 0 radical (unpaired) electrons. The molecule has 4 N–H and O–H groups in total. The summed E-state index contributed by atoms with van der Waals surface area (Å²) in [5, 5.41) is 19.4. The molecule has 0 spiro atoms. The highest BCUT2D eigenvalue weighted by Gasteiger charge is 2.49. The number of hydrogen-bond donors (Lipinski definition) is 3. The number of aliphatic hydroxyl groups is 2. The van der Waals surface area contributed by atoms with Crippen LogP contribution in [0.3, 0.4) is 0 Å².